The van der Waals surface area contributed by atoms with Crippen LogP contribution in [-0.2, 0) is 16.6 Å². The van der Waals surface area contributed by atoms with Gasteiger partial charge in [0.1, 0.15) is 6.10 Å². The van der Waals surface area contributed by atoms with E-state index in [2.05, 4.69) is 17.2 Å². The molecule has 1 aliphatic carbocycles. The predicted molar refractivity (Wildman–Crippen MR) is 90.4 cm³/mol. The molecule has 24 heavy (non-hydrogen) atoms. The fourth-order valence-corrected chi connectivity index (χ4v) is 3.69. The van der Waals surface area contributed by atoms with Gasteiger partial charge in [-0.3, -0.25) is 9.48 Å². The molecule has 2 heterocycles. The van der Waals surface area contributed by atoms with Crippen molar-refractivity contribution >= 4 is 5.91 Å². The molecule has 2 aliphatic rings. The summed E-state index contributed by atoms with van der Waals surface area (Å²) < 4.78 is 7.86. The molecule has 2 aromatic rings. The van der Waals surface area contributed by atoms with Crippen LogP contribution in [0.15, 0.2) is 42.7 Å². The number of carbonyl (C=O) groups excluding carboxylic acids is 1. The van der Waals surface area contributed by atoms with Crippen molar-refractivity contribution in [3.05, 3.63) is 53.9 Å². The van der Waals surface area contributed by atoms with Crippen LogP contribution in [0.25, 0.3) is 0 Å². The number of aryl methyl sites for hydroxylation is 1. The molecule has 0 spiro atoms. The van der Waals surface area contributed by atoms with Crippen LogP contribution in [0.3, 0.4) is 0 Å². The first-order chi connectivity index (χ1) is 11.6. The van der Waals surface area contributed by atoms with Gasteiger partial charge in [-0.25, -0.2) is 0 Å². The SMILES string of the molecule is C[C@@H]1CN(C(=O)[C@@H]2C[C@@H]2c2cnn(C)c2)C[C@@H](c2ccccc2)O1. The maximum Gasteiger partial charge on any atom is 0.226 e. The highest BCUT2D eigenvalue weighted by atomic mass is 16.5. The second-order valence-corrected chi connectivity index (χ2v) is 6.99. The van der Waals surface area contributed by atoms with Gasteiger partial charge in [0, 0.05) is 25.7 Å². The van der Waals surface area contributed by atoms with Gasteiger partial charge in [0.15, 0.2) is 0 Å². The zero-order valence-corrected chi connectivity index (χ0v) is 14.1. The van der Waals surface area contributed by atoms with Gasteiger partial charge in [0.25, 0.3) is 0 Å². The lowest BCUT2D eigenvalue weighted by atomic mass is 10.1. The molecule has 1 saturated heterocycles. The Hall–Kier alpha value is -2.14. The van der Waals surface area contributed by atoms with E-state index >= 15 is 0 Å². The Kier molecular flexibility index (Phi) is 3.88. The first kappa shape index (κ1) is 15.4. The minimum atomic E-state index is -0.0329. The Morgan fingerprint density at radius 1 is 1.21 bits per heavy atom. The van der Waals surface area contributed by atoms with Crippen molar-refractivity contribution in [1.29, 1.82) is 0 Å². The van der Waals surface area contributed by atoms with E-state index < -0.39 is 0 Å². The number of hydrogen-bond acceptors (Lipinski definition) is 3. The third-order valence-electron chi connectivity index (χ3n) is 5.00. The van der Waals surface area contributed by atoms with E-state index in [1.54, 1.807) is 4.68 Å². The summed E-state index contributed by atoms with van der Waals surface area (Å²) in [7, 11) is 1.91. The Balaban J connectivity index is 1.45. The van der Waals surface area contributed by atoms with Crippen molar-refractivity contribution in [3.63, 3.8) is 0 Å². The van der Waals surface area contributed by atoms with E-state index in [0.29, 0.717) is 19.0 Å². The van der Waals surface area contributed by atoms with Gasteiger partial charge >= 0.3 is 0 Å². The van der Waals surface area contributed by atoms with Crippen LogP contribution in [-0.4, -0.2) is 39.8 Å². The standard InChI is InChI=1S/C19H23N3O2/c1-13-10-22(12-18(24-13)14-6-4-3-5-7-14)19(23)17-8-16(17)15-9-20-21(2)11-15/h3-7,9,11,13,16-18H,8,10,12H2,1-2H3/t13-,16-,17-,18+/m1/s1. The van der Waals surface area contributed by atoms with E-state index in [0.717, 1.165) is 12.0 Å². The fraction of sp³-hybridized carbons (Fsp3) is 0.474. The van der Waals surface area contributed by atoms with Crippen molar-refractivity contribution in [2.45, 2.75) is 31.5 Å². The molecule has 0 unspecified atom stereocenters. The van der Waals surface area contributed by atoms with Crippen LogP contribution >= 0.6 is 0 Å². The first-order valence-corrected chi connectivity index (χ1v) is 8.59. The topological polar surface area (TPSA) is 47.4 Å². The van der Waals surface area contributed by atoms with Crippen LogP contribution in [0.5, 0.6) is 0 Å². The predicted octanol–water partition coefficient (Wildman–Crippen LogP) is 2.51. The van der Waals surface area contributed by atoms with Gasteiger partial charge in [-0.1, -0.05) is 30.3 Å². The summed E-state index contributed by atoms with van der Waals surface area (Å²) in [6.45, 7) is 3.36. The fourth-order valence-electron chi connectivity index (χ4n) is 3.69. The van der Waals surface area contributed by atoms with Crippen LogP contribution in [0, 0.1) is 5.92 Å². The van der Waals surface area contributed by atoms with Crippen LogP contribution in [0.2, 0.25) is 0 Å². The zero-order valence-electron chi connectivity index (χ0n) is 14.1. The number of benzene rings is 1. The van der Waals surface area contributed by atoms with Gasteiger partial charge < -0.3 is 9.64 Å². The number of hydrogen-bond donors (Lipinski definition) is 0. The van der Waals surface area contributed by atoms with Crippen molar-refractivity contribution < 1.29 is 9.53 Å². The average molecular weight is 325 g/mol. The Morgan fingerprint density at radius 3 is 2.71 bits per heavy atom. The average Bonchev–Trinajstić information content (AvgIpc) is 3.28. The molecule has 0 radical (unpaired) electrons. The number of ether oxygens (including phenoxy) is 1. The monoisotopic (exact) mass is 325 g/mol. The highest BCUT2D eigenvalue weighted by Crippen LogP contribution is 2.48. The second-order valence-electron chi connectivity index (χ2n) is 6.99. The molecule has 0 N–H and O–H groups in total. The van der Waals surface area contributed by atoms with Crippen molar-refractivity contribution in [1.82, 2.24) is 14.7 Å². The molecule has 126 valence electrons. The Labute approximate surface area is 142 Å². The van der Waals surface area contributed by atoms with Crippen LogP contribution < -0.4 is 0 Å². The number of aromatic nitrogens is 2. The van der Waals surface area contributed by atoms with Gasteiger partial charge in [-0.15, -0.1) is 0 Å². The van der Waals surface area contributed by atoms with E-state index in [1.807, 2.05) is 49.5 Å². The second kappa shape index (κ2) is 6.06. The summed E-state index contributed by atoms with van der Waals surface area (Å²) in [5, 5.41) is 4.22. The van der Waals surface area contributed by atoms with E-state index in [1.165, 1.54) is 5.56 Å². The summed E-state index contributed by atoms with van der Waals surface area (Å²) in [5.74, 6) is 0.704. The number of amides is 1. The number of rotatable bonds is 3. The minimum absolute atomic E-state index is 0.0329. The maximum absolute atomic E-state index is 12.9. The molecule has 2 fully saturated rings. The lowest BCUT2D eigenvalue weighted by Gasteiger charge is -2.37. The summed E-state index contributed by atoms with van der Waals surface area (Å²) >= 11 is 0. The molecule has 1 aromatic heterocycles. The minimum Gasteiger partial charge on any atom is -0.367 e. The zero-order chi connectivity index (χ0) is 16.7. The molecule has 0 bridgehead atoms. The number of nitrogens with zero attached hydrogens (tertiary/aromatic N) is 3. The van der Waals surface area contributed by atoms with Gasteiger partial charge in [-0.2, -0.15) is 5.10 Å². The molecular formula is C19H23N3O2. The van der Waals surface area contributed by atoms with E-state index in [9.17, 15) is 4.79 Å². The Bertz CT molecular complexity index is 727. The third kappa shape index (κ3) is 2.96. The van der Waals surface area contributed by atoms with Crippen molar-refractivity contribution in [2.24, 2.45) is 13.0 Å². The first-order valence-electron chi connectivity index (χ1n) is 8.59. The summed E-state index contributed by atoms with van der Waals surface area (Å²) in [4.78, 5) is 14.9. The Morgan fingerprint density at radius 2 is 2.00 bits per heavy atom. The number of carbonyl (C=O) groups is 1. The van der Waals surface area contributed by atoms with Crippen LogP contribution in [0.4, 0.5) is 0 Å². The van der Waals surface area contributed by atoms with Gasteiger partial charge in [-0.05, 0) is 30.4 Å². The molecule has 1 amide bonds. The van der Waals surface area contributed by atoms with Gasteiger partial charge in [0.05, 0.1) is 18.8 Å². The molecule has 4 atom stereocenters. The smallest absolute Gasteiger partial charge is 0.226 e. The van der Waals surface area contributed by atoms with Crippen molar-refractivity contribution in [3.8, 4) is 0 Å². The molecule has 5 nitrogen and oxygen atoms in total. The summed E-state index contributed by atoms with van der Waals surface area (Å²) in [5.41, 5.74) is 2.32. The molecule has 4 rings (SSSR count). The maximum atomic E-state index is 12.9. The summed E-state index contributed by atoms with van der Waals surface area (Å²) in [6, 6.07) is 10.2. The van der Waals surface area contributed by atoms with E-state index in [4.69, 9.17) is 4.74 Å². The van der Waals surface area contributed by atoms with Crippen LogP contribution in [0.1, 0.15) is 36.5 Å². The molecule has 1 aromatic carbocycles. The molecular weight excluding hydrogens is 302 g/mol. The largest absolute Gasteiger partial charge is 0.367 e. The summed E-state index contributed by atoms with van der Waals surface area (Å²) in [6.07, 6.45) is 4.86. The lowest BCUT2D eigenvalue weighted by Crippen LogP contribution is -2.46. The molecule has 1 saturated carbocycles. The third-order valence-corrected chi connectivity index (χ3v) is 5.00. The van der Waals surface area contributed by atoms with Gasteiger partial charge in [0.2, 0.25) is 5.91 Å². The normalized spacial score (nSPS) is 29.5. The highest BCUT2D eigenvalue weighted by Gasteiger charge is 2.47. The lowest BCUT2D eigenvalue weighted by molar-refractivity contribution is -0.146. The van der Waals surface area contributed by atoms with E-state index in [-0.39, 0.29) is 24.0 Å². The number of morpholine rings is 1. The molecule has 5 heteroatoms. The quantitative estimate of drug-likeness (QED) is 0.871. The molecule has 1 aliphatic heterocycles. The highest BCUT2D eigenvalue weighted by molar-refractivity contribution is 5.83. The van der Waals surface area contributed by atoms with Crippen molar-refractivity contribution in [2.75, 3.05) is 13.1 Å².